The number of hydrogen-bond acceptors (Lipinski definition) is 1. The van der Waals surface area contributed by atoms with Gasteiger partial charge in [-0.3, -0.25) is 0 Å². The summed E-state index contributed by atoms with van der Waals surface area (Å²) in [6.07, 6.45) is 2.07. The van der Waals surface area contributed by atoms with Crippen LogP contribution < -0.4 is 0 Å². The second kappa shape index (κ2) is 5.68. The third-order valence-electron chi connectivity index (χ3n) is 3.23. The van der Waals surface area contributed by atoms with Crippen LogP contribution in [0.2, 0.25) is 10.0 Å². The molecule has 0 atom stereocenters. The summed E-state index contributed by atoms with van der Waals surface area (Å²) in [7, 11) is 0. The number of rotatable bonds is 4. The van der Waals surface area contributed by atoms with Gasteiger partial charge in [-0.1, -0.05) is 37.0 Å². The zero-order valence-corrected chi connectivity index (χ0v) is 12.6. The van der Waals surface area contributed by atoms with E-state index in [0.717, 1.165) is 29.7 Å². The Bertz CT molecular complexity index is 559. The maximum atomic E-state index is 6.10. The van der Waals surface area contributed by atoms with Gasteiger partial charge in [0.15, 0.2) is 0 Å². The van der Waals surface area contributed by atoms with E-state index in [-0.39, 0.29) is 0 Å². The molecular weight excluding hydrogens is 291 g/mol. The molecule has 1 aromatic carbocycles. The van der Waals surface area contributed by atoms with Crippen molar-refractivity contribution in [2.24, 2.45) is 0 Å². The Kier molecular flexibility index (Phi) is 4.41. The van der Waals surface area contributed by atoms with Crippen molar-refractivity contribution < 1.29 is 0 Å². The second-order valence-electron chi connectivity index (χ2n) is 4.26. The maximum Gasteiger partial charge on any atom is 0.125 e. The lowest BCUT2D eigenvalue weighted by atomic mass is 10.1. The maximum absolute atomic E-state index is 6.10. The molecule has 0 bridgehead atoms. The van der Waals surface area contributed by atoms with Crippen LogP contribution >= 0.6 is 34.8 Å². The fourth-order valence-corrected chi connectivity index (χ4v) is 2.80. The van der Waals surface area contributed by atoms with Gasteiger partial charge >= 0.3 is 0 Å². The molecule has 2 rings (SSSR count). The van der Waals surface area contributed by atoms with Crippen LogP contribution in [0.5, 0.6) is 0 Å². The number of halogens is 3. The van der Waals surface area contributed by atoms with Crippen LogP contribution in [0.1, 0.15) is 38.6 Å². The highest BCUT2D eigenvalue weighted by Gasteiger charge is 2.17. The fraction of sp³-hybridized carbons (Fsp3) is 0.462. The number of alkyl halides is 1. The molecule has 0 aliphatic carbocycles. The predicted octanol–water partition coefficient (Wildman–Crippen LogP) is 5.44. The number of fused-ring (bicyclic) bond motifs is 1. The summed E-state index contributed by atoms with van der Waals surface area (Å²) in [5, 5.41) is 1.08. The van der Waals surface area contributed by atoms with Gasteiger partial charge in [0.1, 0.15) is 5.82 Å². The molecule has 2 aromatic rings. The first-order valence-electron chi connectivity index (χ1n) is 6.04. The van der Waals surface area contributed by atoms with Crippen LogP contribution in [0.15, 0.2) is 12.1 Å². The van der Waals surface area contributed by atoms with E-state index in [9.17, 15) is 0 Å². The topological polar surface area (TPSA) is 17.8 Å². The molecule has 0 aliphatic rings. The third-order valence-corrected chi connectivity index (χ3v) is 4.19. The lowest BCUT2D eigenvalue weighted by molar-refractivity contribution is 0.472. The summed E-state index contributed by atoms with van der Waals surface area (Å²) >= 11 is 18.1. The molecule has 1 heterocycles. The minimum Gasteiger partial charge on any atom is -0.324 e. The van der Waals surface area contributed by atoms with Crippen LogP contribution in [-0.2, 0) is 5.88 Å². The summed E-state index contributed by atoms with van der Waals surface area (Å²) in [5.41, 5.74) is 1.86. The first-order valence-corrected chi connectivity index (χ1v) is 7.33. The zero-order valence-electron chi connectivity index (χ0n) is 10.4. The second-order valence-corrected chi connectivity index (χ2v) is 5.34. The van der Waals surface area contributed by atoms with Gasteiger partial charge < -0.3 is 4.57 Å². The van der Waals surface area contributed by atoms with E-state index in [0.29, 0.717) is 22.0 Å². The van der Waals surface area contributed by atoms with Crippen LogP contribution in [0, 0.1) is 0 Å². The van der Waals surface area contributed by atoms with Gasteiger partial charge in [0.2, 0.25) is 0 Å². The molecule has 0 saturated heterocycles. The number of imidazole rings is 1. The largest absolute Gasteiger partial charge is 0.324 e. The standard InChI is InChI=1S/C13H15Cl3N2/c1-3-8(4-2)18-12-6-10(16)9(15)5-11(12)17-13(18)7-14/h5-6,8H,3-4,7H2,1-2H3. The van der Waals surface area contributed by atoms with Crippen LogP contribution in [-0.4, -0.2) is 9.55 Å². The Labute approximate surface area is 122 Å². The predicted molar refractivity (Wildman–Crippen MR) is 78.9 cm³/mol. The molecule has 0 radical (unpaired) electrons. The van der Waals surface area contributed by atoms with Crippen molar-refractivity contribution in [1.82, 2.24) is 9.55 Å². The molecule has 1 aromatic heterocycles. The summed E-state index contributed by atoms with van der Waals surface area (Å²) in [5.74, 6) is 1.26. The fourth-order valence-electron chi connectivity index (χ4n) is 2.30. The van der Waals surface area contributed by atoms with Gasteiger partial charge in [-0.15, -0.1) is 11.6 Å². The Hall–Kier alpha value is -0.440. The molecule has 0 unspecified atom stereocenters. The monoisotopic (exact) mass is 304 g/mol. The number of aromatic nitrogens is 2. The number of nitrogens with zero attached hydrogens (tertiary/aromatic N) is 2. The van der Waals surface area contributed by atoms with E-state index in [1.54, 1.807) is 6.07 Å². The Morgan fingerprint density at radius 2 is 1.78 bits per heavy atom. The number of benzene rings is 1. The minimum atomic E-state index is 0.389. The first kappa shape index (κ1) is 14.0. The molecule has 0 aliphatic heterocycles. The highest BCUT2D eigenvalue weighted by molar-refractivity contribution is 6.42. The normalized spacial score (nSPS) is 11.7. The molecule has 0 amide bonds. The van der Waals surface area contributed by atoms with Gasteiger partial charge in [0.05, 0.1) is 27.0 Å². The Balaban J connectivity index is 2.72. The molecule has 2 nitrogen and oxygen atoms in total. The van der Waals surface area contributed by atoms with Crippen LogP contribution in [0.3, 0.4) is 0 Å². The van der Waals surface area contributed by atoms with E-state index in [2.05, 4.69) is 23.4 Å². The van der Waals surface area contributed by atoms with Gasteiger partial charge in [-0.2, -0.15) is 0 Å². The van der Waals surface area contributed by atoms with Gasteiger partial charge in [0.25, 0.3) is 0 Å². The van der Waals surface area contributed by atoms with Crippen molar-refractivity contribution in [2.45, 2.75) is 38.6 Å². The summed E-state index contributed by atoms with van der Waals surface area (Å²) < 4.78 is 2.19. The highest BCUT2D eigenvalue weighted by atomic mass is 35.5. The highest BCUT2D eigenvalue weighted by Crippen LogP contribution is 2.32. The van der Waals surface area contributed by atoms with E-state index < -0.39 is 0 Å². The molecule has 18 heavy (non-hydrogen) atoms. The average Bonchev–Trinajstić information content (AvgIpc) is 2.70. The molecule has 0 saturated carbocycles. The van der Waals surface area contributed by atoms with Crippen molar-refractivity contribution in [1.29, 1.82) is 0 Å². The van der Waals surface area contributed by atoms with E-state index >= 15 is 0 Å². The molecule has 0 fully saturated rings. The molecular formula is C13H15Cl3N2. The Morgan fingerprint density at radius 3 is 2.33 bits per heavy atom. The van der Waals surface area contributed by atoms with E-state index in [1.807, 2.05) is 6.07 Å². The Morgan fingerprint density at radius 1 is 1.17 bits per heavy atom. The average molecular weight is 306 g/mol. The lowest BCUT2D eigenvalue weighted by Crippen LogP contribution is -2.10. The van der Waals surface area contributed by atoms with Crippen LogP contribution in [0.4, 0.5) is 0 Å². The van der Waals surface area contributed by atoms with Crippen molar-refractivity contribution in [3.8, 4) is 0 Å². The van der Waals surface area contributed by atoms with E-state index in [1.165, 1.54) is 0 Å². The van der Waals surface area contributed by atoms with Crippen LogP contribution in [0.25, 0.3) is 11.0 Å². The third kappa shape index (κ3) is 2.34. The summed E-state index contributed by atoms with van der Waals surface area (Å²) in [6.45, 7) is 4.32. The minimum absolute atomic E-state index is 0.389. The summed E-state index contributed by atoms with van der Waals surface area (Å²) in [6, 6.07) is 4.07. The van der Waals surface area contributed by atoms with Crippen molar-refractivity contribution >= 4 is 45.8 Å². The van der Waals surface area contributed by atoms with Gasteiger partial charge in [-0.05, 0) is 25.0 Å². The summed E-state index contributed by atoms with van der Waals surface area (Å²) in [4.78, 5) is 4.54. The van der Waals surface area contributed by atoms with Gasteiger partial charge in [0, 0.05) is 6.04 Å². The first-order chi connectivity index (χ1) is 8.62. The molecule has 5 heteroatoms. The SMILES string of the molecule is CCC(CC)n1c(CCl)nc2cc(Cl)c(Cl)cc21. The lowest BCUT2D eigenvalue weighted by Gasteiger charge is -2.18. The number of hydrogen-bond donors (Lipinski definition) is 0. The zero-order chi connectivity index (χ0) is 13.3. The quantitative estimate of drug-likeness (QED) is 0.687. The molecule has 0 N–H and O–H groups in total. The van der Waals surface area contributed by atoms with Crippen molar-refractivity contribution in [2.75, 3.05) is 0 Å². The van der Waals surface area contributed by atoms with Gasteiger partial charge in [-0.25, -0.2) is 4.98 Å². The molecule has 0 spiro atoms. The smallest absolute Gasteiger partial charge is 0.125 e. The van der Waals surface area contributed by atoms with Crippen molar-refractivity contribution in [3.63, 3.8) is 0 Å². The molecule has 98 valence electrons. The van der Waals surface area contributed by atoms with E-state index in [4.69, 9.17) is 34.8 Å². The van der Waals surface area contributed by atoms with Crippen molar-refractivity contribution in [3.05, 3.63) is 28.0 Å².